The Kier molecular flexibility index (Phi) is 5.43. The molecule has 3 nitrogen and oxygen atoms in total. The highest BCUT2D eigenvalue weighted by Gasteiger charge is 2.17. The van der Waals surface area contributed by atoms with Crippen LogP contribution in [0.1, 0.15) is 35.6 Å². The summed E-state index contributed by atoms with van der Waals surface area (Å²) in [6.07, 6.45) is 3.36. The highest BCUT2D eigenvalue weighted by atomic mass is 16.5. The molecule has 3 heteroatoms. The molecule has 0 saturated heterocycles. The molecule has 1 rings (SSSR count). The highest BCUT2D eigenvalue weighted by molar-refractivity contribution is 5.57. The molecule has 0 saturated carbocycles. The molecule has 0 bridgehead atoms. The number of aliphatic hydroxyl groups excluding tert-OH is 1. The summed E-state index contributed by atoms with van der Waals surface area (Å²) in [5.41, 5.74) is 4.93. The van der Waals surface area contributed by atoms with Crippen molar-refractivity contribution >= 4 is 0 Å². The third-order valence-electron chi connectivity index (χ3n) is 3.75. The molecule has 1 aromatic rings. The van der Waals surface area contributed by atoms with Gasteiger partial charge in [-0.25, -0.2) is 0 Å². The zero-order chi connectivity index (χ0) is 14.6. The lowest BCUT2D eigenvalue weighted by atomic mass is 9.93. The monoisotopic (exact) mass is 264 g/mol. The van der Waals surface area contributed by atoms with Gasteiger partial charge >= 0.3 is 0 Å². The number of hydrogen-bond acceptors (Lipinski definition) is 3. The van der Waals surface area contributed by atoms with E-state index in [1.165, 1.54) is 0 Å². The molecule has 0 amide bonds. The van der Waals surface area contributed by atoms with Crippen molar-refractivity contribution in [1.82, 2.24) is 0 Å². The molecule has 0 heterocycles. The molecule has 0 aromatic heterocycles. The summed E-state index contributed by atoms with van der Waals surface area (Å²) in [6.45, 7) is 7.90. The highest BCUT2D eigenvalue weighted by Crippen LogP contribution is 2.37. The van der Waals surface area contributed by atoms with Gasteiger partial charge in [-0.2, -0.15) is 0 Å². The number of rotatable bonds is 5. The van der Waals surface area contributed by atoms with E-state index in [0.717, 1.165) is 46.4 Å². The van der Waals surface area contributed by atoms with E-state index < -0.39 is 0 Å². The van der Waals surface area contributed by atoms with Crippen LogP contribution in [0.3, 0.4) is 0 Å². The van der Waals surface area contributed by atoms with Crippen LogP contribution in [0.15, 0.2) is 11.6 Å². The minimum atomic E-state index is 0.0625. The van der Waals surface area contributed by atoms with Crippen molar-refractivity contribution < 1.29 is 14.9 Å². The quantitative estimate of drug-likeness (QED) is 0.803. The summed E-state index contributed by atoms with van der Waals surface area (Å²) < 4.78 is 5.44. The number of phenols is 1. The van der Waals surface area contributed by atoms with Gasteiger partial charge < -0.3 is 14.9 Å². The van der Waals surface area contributed by atoms with E-state index in [2.05, 4.69) is 0 Å². The lowest BCUT2D eigenvalue weighted by Gasteiger charge is -2.18. The molecular weight excluding hydrogens is 240 g/mol. The van der Waals surface area contributed by atoms with Crippen LogP contribution in [0.4, 0.5) is 0 Å². The minimum absolute atomic E-state index is 0.0625. The summed E-state index contributed by atoms with van der Waals surface area (Å²) in [6, 6.07) is 0. The summed E-state index contributed by atoms with van der Waals surface area (Å²) in [5.74, 6) is 1.22. The summed E-state index contributed by atoms with van der Waals surface area (Å²) in [4.78, 5) is 0. The van der Waals surface area contributed by atoms with Gasteiger partial charge in [0.05, 0.1) is 13.7 Å². The normalized spacial score (nSPS) is 11.8. The number of aromatic hydroxyl groups is 1. The van der Waals surface area contributed by atoms with Gasteiger partial charge in [0.15, 0.2) is 0 Å². The van der Waals surface area contributed by atoms with E-state index in [-0.39, 0.29) is 6.61 Å². The predicted molar refractivity (Wildman–Crippen MR) is 78.0 cm³/mol. The maximum Gasteiger partial charge on any atom is 0.125 e. The van der Waals surface area contributed by atoms with Gasteiger partial charge in [-0.3, -0.25) is 0 Å². The number of hydrogen-bond donors (Lipinski definition) is 2. The Bertz CT molecular complexity index is 488. The molecule has 0 fully saturated rings. The molecule has 0 aliphatic carbocycles. The molecule has 0 atom stereocenters. The number of benzene rings is 1. The van der Waals surface area contributed by atoms with Crippen molar-refractivity contribution in [2.45, 2.75) is 40.5 Å². The van der Waals surface area contributed by atoms with Gasteiger partial charge in [-0.1, -0.05) is 11.6 Å². The van der Waals surface area contributed by atoms with Gasteiger partial charge in [0, 0.05) is 5.56 Å². The fourth-order valence-electron chi connectivity index (χ4n) is 2.36. The lowest BCUT2D eigenvalue weighted by Crippen LogP contribution is -2.01. The molecule has 0 unspecified atom stereocenters. The Morgan fingerprint density at radius 3 is 2.32 bits per heavy atom. The van der Waals surface area contributed by atoms with Crippen LogP contribution >= 0.6 is 0 Å². The van der Waals surface area contributed by atoms with Crippen molar-refractivity contribution in [3.8, 4) is 11.5 Å². The SMILES string of the molecule is COc1c(C)c(C)c(O)c(CC/C(C)=C/CO)c1C. The molecular formula is C16H24O3. The van der Waals surface area contributed by atoms with Gasteiger partial charge in [-0.05, 0) is 57.2 Å². The van der Waals surface area contributed by atoms with Gasteiger partial charge in [-0.15, -0.1) is 0 Å². The van der Waals surface area contributed by atoms with Crippen molar-refractivity contribution in [2.75, 3.05) is 13.7 Å². The molecule has 0 aliphatic rings. The fourth-order valence-corrected chi connectivity index (χ4v) is 2.36. The van der Waals surface area contributed by atoms with Crippen LogP contribution in [0.2, 0.25) is 0 Å². The van der Waals surface area contributed by atoms with Crippen LogP contribution in [-0.4, -0.2) is 23.9 Å². The molecule has 0 spiro atoms. The number of phenolic OH excluding ortho intramolecular Hbond substituents is 1. The first-order valence-electron chi connectivity index (χ1n) is 6.56. The largest absolute Gasteiger partial charge is 0.507 e. The van der Waals surface area contributed by atoms with Gasteiger partial charge in [0.25, 0.3) is 0 Å². The van der Waals surface area contributed by atoms with Crippen molar-refractivity contribution in [3.05, 3.63) is 33.9 Å². The standard InChI is InChI=1S/C16H24O3/c1-10(8-9-17)6-7-14-13(4)16(19-5)12(3)11(2)15(14)18/h8,17-18H,6-7,9H2,1-5H3/b10-8+. The first-order valence-corrected chi connectivity index (χ1v) is 6.56. The van der Waals surface area contributed by atoms with E-state index in [1.54, 1.807) is 13.2 Å². The Morgan fingerprint density at radius 1 is 1.16 bits per heavy atom. The summed E-state index contributed by atoms with van der Waals surface area (Å²) in [5, 5.41) is 19.2. The minimum Gasteiger partial charge on any atom is -0.507 e. The lowest BCUT2D eigenvalue weighted by molar-refractivity contribution is 0.341. The van der Waals surface area contributed by atoms with E-state index in [9.17, 15) is 5.11 Å². The molecule has 0 aliphatic heterocycles. The number of aliphatic hydroxyl groups is 1. The van der Waals surface area contributed by atoms with Crippen LogP contribution in [-0.2, 0) is 6.42 Å². The third-order valence-corrected chi connectivity index (χ3v) is 3.75. The first-order chi connectivity index (χ1) is 8.93. The maximum atomic E-state index is 10.3. The van der Waals surface area contributed by atoms with Crippen LogP contribution in [0.25, 0.3) is 0 Å². The van der Waals surface area contributed by atoms with E-state index in [4.69, 9.17) is 9.84 Å². The Balaban J connectivity index is 3.14. The van der Waals surface area contributed by atoms with Gasteiger partial charge in [0.1, 0.15) is 11.5 Å². The second-order valence-electron chi connectivity index (χ2n) is 4.97. The molecule has 1 aromatic carbocycles. The van der Waals surface area contributed by atoms with Gasteiger partial charge in [0.2, 0.25) is 0 Å². The van der Waals surface area contributed by atoms with Crippen LogP contribution in [0.5, 0.6) is 11.5 Å². The van der Waals surface area contributed by atoms with E-state index >= 15 is 0 Å². The number of ether oxygens (including phenoxy) is 1. The predicted octanol–water partition coefficient (Wildman–Crippen LogP) is 3.20. The van der Waals surface area contributed by atoms with Crippen LogP contribution in [0, 0.1) is 20.8 Å². The Labute approximate surface area is 115 Å². The summed E-state index contributed by atoms with van der Waals surface area (Å²) in [7, 11) is 1.66. The Morgan fingerprint density at radius 2 is 1.79 bits per heavy atom. The molecule has 2 N–H and O–H groups in total. The maximum absolute atomic E-state index is 10.3. The second-order valence-corrected chi connectivity index (χ2v) is 4.97. The van der Waals surface area contributed by atoms with Crippen molar-refractivity contribution in [3.63, 3.8) is 0 Å². The second kappa shape index (κ2) is 6.62. The first kappa shape index (κ1) is 15.6. The van der Waals surface area contributed by atoms with Crippen molar-refractivity contribution in [1.29, 1.82) is 0 Å². The van der Waals surface area contributed by atoms with Crippen molar-refractivity contribution in [2.24, 2.45) is 0 Å². The average Bonchev–Trinajstić information content (AvgIpc) is 2.37. The van der Waals surface area contributed by atoms with E-state index in [0.29, 0.717) is 5.75 Å². The number of allylic oxidation sites excluding steroid dienone is 1. The topological polar surface area (TPSA) is 49.7 Å². The number of methoxy groups -OCH3 is 1. The zero-order valence-electron chi connectivity index (χ0n) is 12.5. The Hall–Kier alpha value is -1.48. The summed E-state index contributed by atoms with van der Waals surface area (Å²) >= 11 is 0. The average molecular weight is 264 g/mol. The fraction of sp³-hybridized carbons (Fsp3) is 0.500. The molecule has 19 heavy (non-hydrogen) atoms. The van der Waals surface area contributed by atoms with E-state index in [1.807, 2.05) is 27.7 Å². The molecule has 0 radical (unpaired) electrons. The molecule has 106 valence electrons. The zero-order valence-corrected chi connectivity index (χ0v) is 12.5. The van der Waals surface area contributed by atoms with Crippen LogP contribution < -0.4 is 4.74 Å². The smallest absolute Gasteiger partial charge is 0.125 e. The third kappa shape index (κ3) is 3.29.